The highest BCUT2D eigenvalue weighted by atomic mass is 35.5. The van der Waals surface area contributed by atoms with Crippen molar-refractivity contribution in [1.82, 2.24) is 0 Å². The van der Waals surface area contributed by atoms with Crippen molar-refractivity contribution in [3.63, 3.8) is 0 Å². The Morgan fingerprint density at radius 2 is 1.43 bits per heavy atom. The molecule has 0 saturated carbocycles. The van der Waals surface area contributed by atoms with Crippen LogP contribution in [0.4, 0.5) is 11.4 Å². The van der Waals surface area contributed by atoms with Crippen LogP contribution in [0, 0.1) is 5.41 Å². The van der Waals surface area contributed by atoms with E-state index in [1.807, 2.05) is 30.3 Å². The summed E-state index contributed by atoms with van der Waals surface area (Å²) in [6.07, 6.45) is -1.53. The maximum absolute atomic E-state index is 13.2. The fraction of sp³-hybridized carbons (Fsp3) is 0.188. The smallest absolute Gasteiger partial charge is 0.273 e. The number of ketones is 1. The van der Waals surface area contributed by atoms with Crippen LogP contribution in [0.25, 0.3) is 0 Å². The van der Waals surface area contributed by atoms with Crippen molar-refractivity contribution in [3.05, 3.63) is 108 Å². The number of Topliss-reactive ketones (excluding diaryl/α,β-unsaturated/α-hetero) is 1. The van der Waals surface area contributed by atoms with Crippen LogP contribution >= 0.6 is 11.6 Å². The van der Waals surface area contributed by atoms with E-state index in [9.17, 15) is 18.0 Å². The zero-order chi connectivity index (χ0) is 30.5. The first-order valence-corrected chi connectivity index (χ1v) is 14.9. The summed E-state index contributed by atoms with van der Waals surface area (Å²) in [5.74, 6) is -0.552. The fourth-order valence-electron chi connectivity index (χ4n) is 3.88. The van der Waals surface area contributed by atoms with E-state index in [1.165, 1.54) is 48.5 Å². The number of nitrogens with one attached hydrogen (secondary N) is 1. The maximum atomic E-state index is 13.2. The highest BCUT2D eigenvalue weighted by molar-refractivity contribution is 7.91. The van der Waals surface area contributed by atoms with Crippen LogP contribution in [-0.2, 0) is 26.0 Å². The van der Waals surface area contributed by atoms with E-state index in [-0.39, 0.29) is 26.3 Å². The number of ether oxygens (including phenoxy) is 2. The van der Waals surface area contributed by atoms with E-state index in [2.05, 4.69) is 5.32 Å². The largest absolute Gasteiger partial charge is 0.489 e. The highest BCUT2D eigenvalue weighted by Gasteiger charge is 2.37. The van der Waals surface area contributed by atoms with Crippen LogP contribution in [0.15, 0.2) is 107 Å². The van der Waals surface area contributed by atoms with E-state index in [4.69, 9.17) is 26.8 Å². The summed E-state index contributed by atoms with van der Waals surface area (Å²) in [5, 5.41) is 2.84. The molecule has 0 saturated heterocycles. The third-order valence-electron chi connectivity index (χ3n) is 6.23. The monoisotopic (exact) mass is 606 g/mol. The second-order valence-electron chi connectivity index (χ2n) is 10.6. The maximum Gasteiger partial charge on any atom is 0.273 e. The molecule has 42 heavy (non-hydrogen) atoms. The third-order valence-corrected chi connectivity index (χ3v) is 8.35. The van der Waals surface area contributed by atoms with Gasteiger partial charge in [-0.25, -0.2) is 8.42 Å². The molecule has 1 amide bonds. The Morgan fingerprint density at radius 3 is 2.00 bits per heavy atom. The minimum Gasteiger partial charge on any atom is -0.489 e. The van der Waals surface area contributed by atoms with Crippen LogP contribution in [0.2, 0.25) is 5.02 Å². The van der Waals surface area contributed by atoms with E-state index in [0.29, 0.717) is 18.0 Å². The van der Waals surface area contributed by atoms with Crippen LogP contribution in [0.1, 0.15) is 26.3 Å². The first-order valence-electron chi connectivity index (χ1n) is 13.0. The molecular formula is C32H31ClN2O6S. The standard InChI is InChI=1S/C32H31ClN2O6S/c1-32(2,3)30(36)29(31(37)35-28-19-22(34)9-18-27(28)33)41-24-12-16-26(17-13-24)42(38,39)25-14-10-23(11-15-25)40-20-21-7-5-4-6-8-21/h4-19,29H,20,34H2,1-3H3,(H,35,37)/t29-/m0/s1. The minimum absolute atomic E-state index is 0.0162. The Bertz CT molecular complexity index is 1670. The molecule has 0 radical (unpaired) electrons. The molecule has 0 aliphatic heterocycles. The van der Waals surface area contributed by atoms with Gasteiger partial charge >= 0.3 is 0 Å². The van der Waals surface area contributed by atoms with E-state index < -0.39 is 33.0 Å². The number of carbonyl (C=O) groups is 2. The molecular weight excluding hydrogens is 576 g/mol. The summed E-state index contributed by atoms with van der Waals surface area (Å²) in [6, 6.07) is 25.9. The number of hydrogen-bond acceptors (Lipinski definition) is 7. The van der Waals surface area contributed by atoms with E-state index >= 15 is 0 Å². The summed E-state index contributed by atoms with van der Waals surface area (Å²) in [6.45, 7) is 5.36. The lowest BCUT2D eigenvalue weighted by Gasteiger charge is -2.25. The van der Waals surface area contributed by atoms with Gasteiger partial charge in [0.25, 0.3) is 5.91 Å². The molecule has 0 spiro atoms. The number of benzene rings is 4. The zero-order valence-electron chi connectivity index (χ0n) is 23.3. The first kappa shape index (κ1) is 30.6. The fourth-order valence-corrected chi connectivity index (χ4v) is 5.31. The molecule has 3 N–H and O–H groups in total. The van der Waals surface area contributed by atoms with Crippen molar-refractivity contribution in [2.75, 3.05) is 11.1 Å². The molecule has 0 aromatic heterocycles. The molecule has 10 heteroatoms. The number of hydrogen-bond donors (Lipinski definition) is 2. The van der Waals surface area contributed by atoms with Crippen molar-refractivity contribution >= 4 is 44.5 Å². The predicted molar refractivity (Wildman–Crippen MR) is 162 cm³/mol. The van der Waals surface area contributed by atoms with Gasteiger partial charge in [-0.05, 0) is 72.3 Å². The first-order chi connectivity index (χ1) is 19.8. The van der Waals surface area contributed by atoms with Gasteiger partial charge in [-0.1, -0.05) is 62.7 Å². The van der Waals surface area contributed by atoms with Crippen molar-refractivity contribution in [2.45, 2.75) is 43.3 Å². The van der Waals surface area contributed by atoms with Crippen LogP contribution < -0.4 is 20.5 Å². The normalized spacial score (nSPS) is 12.3. The highest BCUT2D eigenvalue weighted by Crippen LogP contribution is 2.28. The van der Waals surface area contributed by atoms with Gasteiger partial charge in [-0.15, -0.1) is 0 Å². The number of nitrogen functional groups attached to an aromatic ring is 1. The minimum atomic E-state index is -3.86. The van der Waals surface area contributed by atoms with Gasteiger partial charge in [-0.3, -0.25) is 9.59 Å². The molecule has 4 rings (SSSR count). The van der Waals surface area contributed by atoms with Gasteiger partial charge in [0.15, 0.2) is 5.78 Å². The summed E-state index contributed by atoms with van der Waals surface area (Å²) < 4.78 is 38.0. The van der Waals surface area contributed by atoms with Gasteiger partial charge in [-0.2, -0.15) is 0 Å². The number of rotatable bonds is 10. The molecule has 218 valence electrons. The number of amides is 1. The lowest BCUT2D eigenvalue weighted by atomic mass is 9.87. The van der Waals surface area contributed by atoms with E-state index in [0.717, 1.165) is 5.56 Å². The molecule has 0 aliphatic carbocycles. The molecule has 0 heterocycles. The zero-order valence-corrected chi connectivity index (χ0v) is 24.9. The van der Waals surface area contributed by atoms with Crippen molar-refractivity contribution in [2.24, 2.45) is 5.41 Å². The summed E-state index contributed by atoms with van der Waals surface area (Å²) in [5.41, 5.74) is 6.49. The predicted octanol–water partition coefficient (Wildman–Crippen LogP) is 6.34. The molecule has 1 atom stereocenters. The lowest BCUT2D eigenvalue weighted by molar-refractivity contribution is -0.140. The Labute approximate surface area is 250 Å². The molecule has 0 fully saturated rings. The average Bonchev–Trinajstić information content (AvgIpc) is 2.97. The quantitative estimate of drug-likeness (QED) is 0.159. The Kier molecular flexibility index (Phi) is 9.23. The number of anilines is 2. The summed E-state index contributed by atoms with van der Waals surface area (Å²) in [7, 11) is -3.86. The number of carbonyl (C=O) groups excluding carboxylic acids is 2. The molecule has 0 bridgehead atoms. The second-order valence-corrected chi connectivity index (χ2v) is 12.9. The van der Waals surface area contributed by atoms with Gasteiger partial charge in [0.2, 0.25) is 15.9 Å². The molecule has 4 aromatic carbocycles. The third kappa shape index (κ3) is 7.48. The number of halogens is 1. The van der Waals surface area contributed by atoms with E-state index in [1.54, 1.807) is 39.0 Å². The molecule has 4 aromatic rings. The van der Waals surface area contributed by atoms with Crippen molar-refractivity contribution in [1.29, 1.82) is 0 Å². The Morgan fingerprint density at radius 1 is 0.857 bits per heavy atom. The van der Waals surface area contributed by atoms with Gasteiger partial charge in [0.05, 0.1) is 20.5 Å². The van der Waals surface area contributed by atoms with Crippen LogP contribution in [0.5, 0.6) is 11.5 Å². The molecule has 0 aliphatic rings. The number of nitrogens with two attached hydrogens (primary N) is 1. The Hall–Kier alpha value is -4.34. The van der Waals surface area contributed by atoms with Crippen LogP contribution in [0.3, 0.4) is 0 Å². The van der Waals surface area contributed by atoms with Gasteiger partial charge in [0, 0.05) is 11.1 Å². The molecule has 0 unspecified atom stereocenters. The van der Waals surface area contributed by atoms with Crippen molar-refractivity contribution in [3.8, 4) is 11.5 Å². The van der Waals surface area contributed by atoms with Gasteiger partial charge < -0.3 is 20.5 Å². The molecule has 8 nitrogen and oxygen atoms in total. The van der Waals surface area contributed by atoms with Gasteiger partial charge in [0.1, 0.15) is 18.1 Å². The number of sulfone groups is 1. The topological polar surface area (TPSA) is 125 Å². The Balaban J connectivity index is 1.49. The lowest BCUT2D eigenvalue weighted by Crippen LogP contribution is -2.45. The van der Waals surface area contributed by atoms with Crippen molar-refractivity contribution < 1.29 is 27.5 Å². The summed E-state index contributed by atoms with van der Waals surface area (Å²) in [4.78, 5) is 26.4. The average molecular weight is 607 g/mol. The summed E-state index contributed by atoms with van der Waals surface area (Å²) >= 11 is 6.18. The SMILES string of the molecule is CC(C)(C)C(=O)[C@H](Oc1ccc(S(=O)(=O)c2ccc(OCc3ccccc3)cc2)cc1)C(=O)Nc1cc(N)ccc1Cl. The second kappa shape index (κ2) is 12.7. The van der Waals surface area contributed by atoms with Crippen LogP contribution in [-0.4, -0.2) is 26.2 Å².